The van der Waals surface area contributed by atoms with Crippen LogP contribution in [-0.4, -0.2) is 16.8 Å². The van der Waals surface area contributed by atoms with Crippen LogP contribution in [0.4, 0.5) is 0 Å². The highest BCUT2D eigenvalue weighted by atomic mass is 16.1. The normalized spacial score (nSPS) is 12.4. The van der Waals surface area contributed by atoms with E-state index in [0.29, 0.717) is 12.8 Å². The molecular formula is C11H16N2O. The molecule has 3 nitrogen and oxygen atoms in total. The zero-order valence-corrected chi connectivity index (χ0v) is 8.44. The Morgan fingerprint density at radius 3 is 2.93 bits per heavy atom. The molecule has 1 aromatic rings. The number of Topliss-reactive ketones (excluding diaryl/α,β-unsaturated/α-hetero) is 1. The van der Waals surface area contributed by atoms with Crippen molar-refractivity contribution in [2.24, 2.45) is 5.73 Å². The molecule has 2 N–H and O–H groups in total. The fraction of sp³-hybridized carbons (Fsp3) is 0.455. The number of aromatic nitrogens is 1. The number of nitrogens with zero attached hydrogens (tertiary/aromatic N) is 1. The zero-order chi connectivity index (χ0) is 10.4. The summed E-state index contributed by atoms with van der Waals surface area (Å²) in [5, 5.41) is 0. The van der Waals surface area contributed by atoms with E-state index in [0.717, 1.165) is 12.1 Å². The van der Waals surface area contributed by atoms with Gasteiger partial charge in [0.05, 0.1) is 6.04 Å². The number of pyridine rings is 1. The first-order valence-electron chi connectivity index (χ1n) is 4.92. The molecule has 0 aliphatic heterocycles. The number of rotatable bonds is 5. The average Bonchev–Trinajstić information content (AvgIpc) is 2.19. The van der Waals surface area contributed by atoms with Gasteiger partial charge in [0.15, 0.2) is 0 Å². The lowest BCUT2D eigenvalue weighted by Crippen LogP contribution is -2.32. The summed E-state index contributed by atoms with van der Waals surface area (Å²) in [6, 6.07) is 5.24. The van der Waals surface area contributed by atoms with E-state index in [9.17, 15) is 4.79 Å². The second-order valence-electron chi connectivity index (χ2n) is 3.35. The Morgan fingerprint density at radius 1 is 1.57 bits per heavy atom. The van der Waals surface area contributed by atoms with Crippen molar-refractivity contribution in [1.29, 1.82) is 0 Å². The Labute approximate surface area is 84.3 Å². The van der Waals surface area contributed by atoms with E-state index >= 15 is 0 Å². The van der Waals surface area contributed by atoms with Crippen LogP contribution in [0.25, 0.3) is 0 Å². The largest absolute Gasteiger partial charge is 0.321 e. The molecule has 0 aromatic carbocycles. The maximum atomic E-state index is 11.4. The Hall–Kier alpha value is -1.22. The summed E-state index contributed by atoms with van der Waals surface area (Å²) >= 11 is 0. The maximum Gasteiger partial charge on any atom is 0.149 e. The molecule has 0 saturated heterocycles. The average molecular weight is 192 g/mol. The fourth-order valence-corrected chi connectivity index (χ4v) is 1.29. The zero-order valence-electron chi connectivity index (χ0n) is 8.44. The van der Waals surface area contributed by atoms with Crippen molar-refractivity contribution in [3.05, 3.63) is 30.1 Å². The van der Waals surface area contributed by atoms with Crippen molar-refractivity contribution in [2.45, 2.75) is 32.2 Å². The van der Waals surface area contributed by atoms with Gasteiger partial charge in [-0.1, -0.05) is 13.0 Å². The number of carbonyl (C=O) groups excluding carboxylic acids is 1. The van der Waals surface area contributed by atoms with E-state index in [-0.39, 0.29) is 5.78 Å². The van der Waals surface area contributed by atoms with Crippen molar-refractivity contribution in [2.75, 3.05) is 0 Å². The topological polar surface area (TPSA) is 56.0 Å². The van der Waals surface area contributed by atoms with Crippen LogP contribution < -0.4 is 5.73 Å². The molecule has 1 heterocycles. The minimum absolute atomic E-state index is 0.123. The molecule has 3 heteroatoms. The molecule has 14 heavy (non-hydrogen) atoms. The van der Waals surface area contributed by atoms with Gasteiger partial charge in [0.25, 0.3) is 0 Å². The number of hydrogen-bond acceptors (Lipinski definition) is 3. The summed E-state index contributed by atoms with van der Waals surface area (Å²) in [7, 11) is 0. The molecule has 0 amide bonds. The van der Waals surface area contributed by atoms with Crippen LogP contribution in [0.3, 0.4) is 0 Å². The first kappa shape index (κ1) is 10.9. The Morgan fingerprint density at radius 2 is 2.36 bits per heavy atom. The molecule has 1 aromatic heterocycles. The predicted octanol–water partition coefficient (Wildman–Crippen LogP) is 1.32. The van der Waals surface area contributed by atoms with Gasteiger partial charge in [0.1, 0.15) is 5.78 Å². The van der Waals surface area contributed by atoms with Gasteiger partial charge < -0.3 is 5.73 Å². The monoisotopic (exact) mass is 192 g/mol. The van der Waals surface area contributed by atoms with Crippen LogP contribution >= 0.6 is 0 Å². The molecule has 0 spiro atoms. The maximum absolute atomic E-state index is 11.4. The van der Waals surface area contributed by atoms with E-state index < -0.39 is 6.04 Å². The molecule has 76 valence electrons. The van der Waals surface area contributed by atoms with E-state index in [4.69, 9.17) is 5.73 Å². The second kappa shape index (κ2) is 5.50. The summed E-state index contributed by atoms with van der Waals surface area (Å²) in [5.41, 5.74) is 6.62. The Kier molecular flexibility index (Phi) is 4.26. The molecular weight excluding hydrogens is 176 g/mol. The minimum atomic E-state index is -0.398. The van der Waals surface area contributed by atoms with Crippen LogP contribution in [0.5, 0.6) is 0 Å². The van der Waals surface area contributed by atoms with Gasteiger partial charge in [-0.15, -0.1) is 0 Å². The van der Waals surface area contributed by atoms with Crippen LogP contribution in [0.1, 0.15) is 25.5 Å². The summed E-state index contributed by atoms with van der Waals surface area (Å²) in [6.07, 6.45) is 3.68. The molecule has 0 radical (unpaired) electrons. The molecule has 0 saturated carbocycles. The molecule has 1 rings (SSSR count). The summed E-state index contributed by atoms with van der Waals surface area (Å²) in [6.45, 7) is 1.98. The van der Waals surface area contributed by atoms with E-state index in [1.807, 2.05) is 25.1 Å². The number of nitrogens with two attached hydrogens (primary N) is 1. The van der Waals surface area contributed by atoms with Crippen molar-refractivity contribution in [1.82, 2.24) is 4.98 Å². The minimum Gasteiger partial charge on any atom is -0.321 e. The summed E-state index contributed by atoms with van der Waals surface area (Å²) in [4.78, 5) is 15.5. The third kappa shape index (κ3) is 3.26. The van der Waals surface area contributed by atoms with E-state index in [1.54, 1.807) is 6.20 Å². The lowest BCUT2D eigenvalue weighted by molar-refractivity contribution is -0.120. The quantitative estimate of drug-likeness (QED) is 0.765. The smallest absolute Gasteiger partial charge is 0.149 e. The van der Waals surface area contributed by atoms with Crippen LogP contribution in [0.2, 0.25) is 0 Å². The third-order valence-corrected chi connectivity index (χ3v) is 2.07. The number of ketones is 1. The Bertz CT molecular complexity index is 285. The first-order chi connectivity index (χ1) is 6.74. The van der Waals surface area contributed by atoms with Crippen molar-refractivity contribution >= 4 is 5.78 Å². The number of hydrogen-bond donors (Lipinski definition) is 1. The number of carbonyl (C=O) groups is 1. The summed E-state index contributed by atoms with van der Waals surface area (Å²) in [5.74, 6) is 0.123. The van der Waals surface area contributed by atoms with Gasteiger partial charge in [-0.3, -0.25) is 9.78 Å². The van der Waals surface area contributed by atoms with Gasteiger partial charge in [0, 0.05) is 24.7 Å². The lowest BCUT2D eigenvalue weighted by Gasteiger charge is -2.08. The summed E-state index contributed by atoms with van der Waals surface area (Å²) < 4.78 is 0. The highest BCUT2D eigenvalue weighted by Crippen LogP contribution is 2.01. The van der Waals surface area contributed by atoms with Crippen molar-refractivity contribution in [3.63, 3.8) is 0 Å². The van der Waals surface area contributed by atoms with E-state index in [2.05, 4.69) is 4.98 Å². The molecule has 0 bridgehead atoms. The molecule has 0 aliphatic carbocycles. The first-order valence-corrected chi connectivity index (χ1v) is 4.92. The highest BCUT2D eigenvalue weighted by Gasteiger charge is 2.12. The predicted molar refractivity (Wildman–Crippen MR) is 55.8 cm³/mol. The molecule has 0 fully saturated rings. The van der Waals surface area contributed by atoms with E-state index in [1.165, 1.54) is 0 Å². The SMILES string of the molecule is CCCC(=O)[C@@H](N)Cc1ccccn1. The molecule has 0 aliphatic rings. The molecule has 0 unspecified atom stereocenters. The lowest BCUT2D eigenvalue weighted by atomic mass is 10.0. The highest BCUT2D eigenvalue weighted by molar-refractivity contribution is 5.83. The van der Waals surface area contributed by atoms with Crippen LogP contribution in [0.15, 0.2) is 24.4 Å². The van der Waals surface area contributed by atoms with Gasteiger partial charge >= 0.3 is 0 Å². The second-order valence-corrected chi connectivity index (χ2v) is 3.35. The fourth-order valence-electron chi connectivity index (χ4n) is 1.29. The molecule has 1 atom stereocenters. The van der Waals surface area contributed by atoms with Gasteiger partial charge in [-0.25, -0.2) is 0 Å². The standard InChI is InChI=1S/C11H16N2O/c1-2-5-11(14)10(12)8-9-6-3-4-7-13-9/h3-4,6-7,10H,2,5,8,12H2,1H3/t10-/m0/s1. The van der Waals surface area contributed by atoms with Gasteiger partial charge in [-0.05, 0) is 18.6 Å². The van der Waals surface area contributed by atoms with Gasteiger partial charge in [-0.2, -0.15) is 0 Å². The van der Waals surface area contributed by atoms with Gasteiger partial charge in [0.2, 0.25) is 0 Å². The third-order valence-electron chi connectivity index (χ3n) is 2.07. The Balaban J connectivity index is 2.49. The van der Waals surface area contributed by atoms with Crippen LogP contribution in [0, 0.1) is 0 Å². The van der Waals surface area contributed by atoms with Crippen molar-refractivity contribution < 1.29 is 4.79 Å². The van der Waals surface area contributed by atoms with Crippen molar-refractivity contribution in [3.8, 4) is 0 Å². The van der Waals surface area contributed by atoms with Crippen LogP contribution in [-0.2, 0) is 11.2 Å².